The summed E-state index contributed by atoms with van der Waals surface area (Å²) in [6, 6.07) is -0.149. The van der Waals surface area contributed by atoms with Crippen LogP contribution in [0.2, 0.25) is 0 Å². The number of carbonyl (C=O) groups is 1. The fourth-order valence-corrected chi connectivity index (χ4v) is 1.74. The number of alkyl halides is 4. The van der Waals surface area contributed by atoms with Gasteiger partial charge in [0.05, 0.1) is 19.3 Å². The molecule has 0 bridgehead atoms. The van der Waals surface area contributed by atoms with Crippen LogP contribution in [0.1, 0.15) is 12.8 Å². The van der Waals surface area contributed by atoms with Crippen molar-refractivity contribution in [2.24, 2.45) is 0 Å². The predicted octanol–water partition coefficient (Wildman–Crippen LogP) is 1.87. The summed E-state index contributed by atoms with van der Waals surface area (Å²) in [7, 11) is 1.51. The molecule has 1 unspecified atom stereocenters. The first-order chi connectivity index (χ1) is 8.39. The third kappa shape index (κ3) is 10.8. The minimum absolute atomic E-state index is 0.0986. The molecule has 0 aliphatic heterocycles. The molecular weight excluding hydrogens is 319 g/mol. The maximum Gasteiger partial charge on any atom is 0.411 e. The Kier molecular flexibility index (Phi) is 9.39. The van der Waals surface area contributed by atoms with E-state index in [1.165, 1.54) is 7.11 Å². The van der Waals surface area contributed by atoms with E-state index in [4.69, 9.17) is 4.74 Å². The minimum Gasteiger partial charge on any atom is -0.383 e. The Labute approximate surface area is 112 Å². The van der Waals surface area contributed by atoms with E-state index in [0.717, 1.165) is 0 Å². The average molecular weight is 336 g/mol. The minimum atomic E-state index is -4.36. The van der Waals surface area contributed by atoms with Crippen LogP contribution in [0, 0.1) is 0 Å². The summed E-state index contributed by atoms with van der Waals surface area (Å²) >= 11 is 3.24. The molecule has 4 nitrogen and oxygen atoms in total. The summed E-state index contributed by atoms with van der Waals surface area (Å²) in [5.41, 5.74) is 0. The molecule has 0 aliphatic rings. The van der Waals surface area contributed by atoms with Gasteiger partial charge in [0.2, 0.25) is 5.91 Å². The number of methoxy groups -OCH3 is 1. The van der Waals surface area contributed by atoms with Gasteiger partial charge in [-0.25, -0.2) is 0 Å². The smallest absolute Gasteiger partial charge is 0.383 e. The van der Waals surface area contributed by atoms with Gasteiger partial charge < -0.3 is 14.8 Å². The van der Waals surface area contributed by atoms with Crippen molar-refractivity contribution in [3.8, 4) is 0 Å². The van der Waals surface area contributed by atoms with E-state index in [2.05, 4.69) is 26.0 Å². The lowest BCUT2D eigenvalue weighted by Gasteiger charge is -2.16. The molecule has 0 aliphatic carbocycles. The summed E-state index contributed by atoms with van der Waals surface area (Å²) < 4.78 is 44.5. The standard InChI is InChI=1S/C10H17BrF3NO3/c1-17-6-8(2-4-11)15-9(16)3-5-18-7-10(12,13)14/h8H,2-7H2,1H3,(H,15,16). The zero-order chi connectivity index (χ0) is 14.0. The number of amides is 1. The quantitative estimate of drug-likeness (QED) is 0.517. The number of halogens is 4. The number of nitrogens with one attached hydrogen (secondary N) is 1. The van der Waals surface area contributed by atoms with Crippen molar-refractivity contribution in [2.75, 3.05) is 32.3 Å². The Morgan fingerprint density at radius 2 is 2.11 bits per heavy atom. The normalized spacial score (nSPS) is 13.4. The lowest BCUT2D eigenvalue weighted by atomic mass is 10.2. The zero-order valence-electron chi connectivity index (χ0n) is 10.1. The first kappa shape index (κ1) is 17.7. The van der Waals surface area contributed by atoms with Crippen LogP contribution in [0.4, 0.5) is 13.2 Å². The third-order valence-corrected chi connectivity index (χ3v) is 2.39. The summed E-state index contributed by atoms with van der Waals surface area (Å²) in [5, 5.41) is 3.36. The maximum absolute atomic E-state index is 11.7. The molecule has 0 aromatic heterocycles. The molecule has 1 atom stereocenters. The second kappa shape index (κ2) is 9.57. The summed E-state index contributed by atoms with van der Waals surface area (Å²) in [5.74, 6) is -0.347. The Morgan fingerprint density at radius 1 is 1.44 bits per heavy atom. The number of rotatable bonds is 9. The van der Waals surface area contributed by atoms with Crippen LogP contribution in [0.25, 0.3) is 0 Å². The van der Waals surface area contributed by atoms with Crippen molar-refractivity contribution in [3.05, 3.63) is 0 Å². The van der Waals surface area contributed by atoms with Gasteiger partial charge in [0.1, 0.15) is 6.61 Å². The molecular formula is C10H17BrF3NO3. The van der Waals surface area contributed by atoms with Crippen LogP contribution in [0.15, 0.2) is 0 Å². The highest BCUT2D eigenvalue weighted by Crippen LogP contribution is 2.14. The Bertz CT molecular complexity index is 233. The topological polar surface area (TPSA) is 47.6 Å². The van der Waals surface area contributed by atoms with Gasteiger partial charge in [0.15, 0.2) is 0 Å². The molecule has 0 aromatic carbocycles. The van der Waals surface area contributed by atoms with Gasteiger partial charge >= 0.3 is 6.18 Å². The number of ether oxygens (including phenoxy) is 2. The molecule has 0 aromatic rings. The van der Waals surface area contributed by atoms with E-state index in [1.807, 2.05) is 0 Å². The van der Waals surface area contributed by atoms with Crippen LogP contribution < -0.4 is 5.32 Å². The van der Waals surface area contributed by atoms with E-state index >= 15 is 0 Å². The summed E-state index contributed by atoms with van der Waals surface area (Å²) in [4.78, 5) is 11.4. The molecule has 0 radical (unpaired) electrons. The molecule has 18 heavy (non-hydrogen) atoms. The van der Waals surface area contributed by atoms with Gasteiger partial charge in [0.25, 0.3) is 0 Å². The number of carbonyl (C=O) groups excluding carboxylic acids is 1. The molecule has 1 N–H and O–H groups in total. The largest absolute Gasteiger partial charge is 0.411 e. The van der Waals surface area contributed by atoms with Gasteiger partial charge in [-0.3, -0.25) is 4.79 Å². The lowest BCUT2D eigenvalue weighted by molar-refractivity contribution is -0.174. The fourth-order valence-electron chi connectivity index (χ4n) is 1.18. The monoisotopic (exact) mass is 335 g/mol. The molecule has 108 valence electrons. The van der Waals surface area contributed by atoms with E-state index in [9.17, 15) is 18.0 Å². The first-order valence-electron chi connectivity index (χ1n) is 5.37. The number of hydrogen-bond donors (Lipinski definition) is 1. The van der Waals surface area contributed by atoms with Crippen LogP contribution in [-0.4, -0.2) is 50.4 Å². The van der Waals surface area contributed by atoms with Gasteiger partial charge in [-0.1, -0.05) is 15.9 Å². The highest BCUT2D eigenvalue weighted by molar-refractivity contribution is 9.09. The maximum atomic E-state index is 11.7. The van der Waals surface area contributed by atoms with Crippen molar-refractivity contribution in [1.82, 2.24) is 5.32 Å². The lowest BCUT2D eigenvalue weighted by Crippen LogP contribution is -2.38. The summed E-state index contributed by atoms with van der Waals surface area (Å²) in [6.07, 6.45) is -3.77. The molecule has 0 spiro atoms. The fraction of sp³-hybridized carbons (Fsp3) is 0.900. The van der Waals surface area contributed by atoms with Gasteiger partial charge in [0, 0.05) is 18.9 Å². The molecule has 0 saturated carbocycles. The van der Waals surface area contributed by atoms with Gasteiger partial charge in [-0.05, 0) is 6.42 Å². The highest BCUT2D eigenvalue weighted by Gasteiger charge is 2.27. The van der Waals surface area contributed by atoms with Crippen LogP contribution >= 0.6 is 15.9 Å². The van der Waals surface area contributed by atoms with Crippen molar-refractivity contribution in [3.63, 3.8) is 0 Å². The van der Waals surface area contributed by atoms with Crippen LogP contribution in [0.3, 0.4) is 0 Å². The Hall–Kier alpha value is -0.340. The Balaban J connectivity index is 3.74. The SMILES string of the molecule is COCC(CCBr)NC(=O)CCOCC(F)(F)F. The Morgan fingerprint density at radius 3 is 2.61 bits per heavy atom. The van der Waals surface area contributed by atoms with E-state index in [-0.39, 0.29) is 25.0 Å². The summed E-state index contributed by atoms with van der Waals surface area (Å²) in [6.45, 7) is -1.22. The molecule has 0 rings (SSSR count). The van der Waals surface area contributed by atoms with Crippen LogP contribution in [-0.2, 0) is 14.3 Å². The second-order valence-electron chi connectivity index (χ2n) is 3.62. The molecule has 0 fully saturated rings. The zero-order valence-corrected chi connectivity index (χ0v) is 11.6. The molecule has 0 heterocycles. The molecule has 8 heteroatoms. The molecule has 1 amide bonds. The van der Waals surface area contributed by atoms with Gasteiger partial charge in [-0.2, -0.15) is 13.2 Å². The second-order valence-corrected chi connectivity index (χ2v) is 4.41. The van der Waals surface area contributed by atoms with Crippen LogP contribution in [0.5, 0.6) is 0 Å². The van der Waals surface area contributed by atoms with Crippen molar-refractivity contribution < 1.29 is 27.4 Å². The van der Waals surface area contributed by atoms with Gasteiger partial charge in [-0.15, -0.1) is 0 Å². The van der Waals surface area contributed by atoms with Crippen molar-refractivity contribution >= 4 is 21.8 Å². The highest BCUT2D eigenvalue weighted by atomic mass is 79.9. The third-order valence-electron chi connectivity index (χ3n) is 1.93. The molecule has 0 saturated heterocycles. The van der Waals surface area contributed by atoms with Crippen molar-refractivity contribution in [1.29, 1.82) is 0 Å². The first-order valence-corrected chi connectivity index (χ1v) is 6.50. The number of hydrogen-bond acceptors (Lipinski definition) is 3. The van der Waals surface area contributed by atoms with E-state index in [1.54, 1.807) is 0 Å². The predicted molar refractivity (Wildman–Crippen MR) is 63.7 cm³/mol. The van der Waals surface area contributed by atoms with E-state index < -0.39 is 12.8 Å². The average Bonchev–Trinajstić information content (AvgIpc) is 2.24. The van der Waals surface area contributed by atoms with Crippen molar-refractivity contribution in [2.45, 2.75) is 25.1 Å². The van der Waals surface area contributed by atoms with E-state index in [0.29, 0.717) is 18.4 Å².